The SMILES string of the molecule is O=C(c1ccc(F)c(F)c1F)N(Cc1ccccn1)c1ccccc1O. The van der Waals surface area contributed by atoms with E-state index >= 15 is 0 Å². The van der Waals surface area contributed by atoms with Gasteiger partial charge in [0.25, 0.3) is 5.91 Å². The van der Waals surface area contributed by atoms with Crippen molar-refractivity contribution in [2.45, 2.75) is 6.54 Å². The predicted molar refractivity (Wildman–Crippen MR) is 89.2 cm³/mol. The van der Waals surface area contributed by atoms with Crippen LogP contribution in [0.25, 0.3) is 0 Å². The van der Waals surface area contributed by atoms with E-state index in [0.29, 0.717) is 11.8 Å². The minimum absolute atomic E-state index is 0.0901. The number of anilines is 1. The van der Waals surface area contributed by atoms with E-state index in [0.717, 1.165) is 11.0 Å². The molecule has 0 atom stereocenters. The van der Waals surface area contributed by atoms with Crippen molar-refractivity contribution in [1.82, 2.24) is 4.98 Å². The lowest BCUT2D eigenvalue weighted by Gasteiger charge is -2.23. The summed E-state index contributed by atoms with van der Waals surface area (Å²) in [6.45, 7) is -0.102. The third-order valence-corrected chi connectivity index (χ3v) is 3.73. The quantitative estimate of drug-likeness (QED) is 0.716. The monoisotopic (exact) mass is 358 g/mol. The average Bonchev–Trinajstić information content (AvgIpc) is 2.65. The van der Waals surface area contributed by atoms with E-state index in [1.54, 1.807) is 30.3 Å². The lowest BCUT2D eigenvalue weighted by Crippen LogP contribution is -2.31. The second kappa shape index (κ2) is 7.26. The van der Waals surface area contributed by atoms with Crippen LogP contribution in [0, 0.1) is 17.5 Å². The maximum absolute atomic E-state index is 14.1. The lowest BCUT2D eigenvalue weighted by atomic mass is 10.1. The van der Waals surface area contributed by atoms with Gasteiger partial charge in [0, 0.05) is 6.20 Å². The highest BCUT2D eigenvalue weighted by molar-refractivity contribution is 6.06. The zero-order valence-corrected chi connectivity index (χ0v) is 13.4. The zero-order chi connectivity index (χ0) is 18.7. The van der Waals surface area contributed by atoms with E-state index < -0.39 is 28.9 Å². The van der Waals surface area contributed by atoms with Crippen LogP contribution in [-0.2, 0) is 6.54 Å². The third kappa shape index (κ3) is 3.37. The number of phenols is 1. The highest BCUT2D eigenvalue weighted by Gasteiger charge is 2.26. The van der Waals surface area contributed by atoms with Crippen molar-refractivity contribution in [3.63, 3.8) is 0 Å². The van der Waals surface area contributed by atoms with Crippen LogP contribution in [-0.4, -0.2) is 16.0 Å². The molecule has 0 saturated carbocycles. The Bertz CT molecular complexity index is 949. The number of amides is 1. The summed E-state index contributed by atoms with van der Waals surface area (Å²) in [5.74, 6) is -5.87. The van der Waals surface area contributed by atoms with Crippen LogP contribution in [0.4, 0.5) is 18.9 Å². The lowest BCUT2D eigenvalue weighted by molar-refractivity contribution is 0.0979. The first-order valence-electron chi connectivity index (χ1n) is 7.62. The summed E-state index contributed by atoms with van der Waals surface area (Å²) in [5.41, 5.74) is -0.0949. The second-order valence-corrected chi connectivity index (χ2v) is 5.42. The van der Waals surface area contributed by atoms with Gasteiger partial charge in [-0.25, -0.2) is 13.2 Å². The second-order valence-electron chi connectivity index (χ2n) is 5.42. The summed E-state index contributed by atoms with van der Waals surface area (Å²) in [5, 5.41) is 10.1. The number of aromatic hydroxyl groups is 1. The summed E-state index contributed by atoms with van der Waals surface area (Å²) in [7, 11) is 0. The minimum atomic E-state index is -1.73. The van der Waals surface area contributed by atoms with E-state index in [2.05, 4.69) is 4.98 Å². The Kier molecular flexibility index (Phi) is 4.88. The molecule has 1 N–H and O–H groups in total. The maximum Gasteiger partial charge on any atom is 0.261 e. The summed E-state index contributed by atoms with van der Waals surface area (Å²) >= 11 is 0. The largest absolute Gasteiger partial charge is 0.506 e. The predicted octanol–water partition coefficient (Wildman–Crippen LogP) is 4.05. The first-order chi connectivity index (χ1) is 12.5. The van der Waals surface area contributed by atoms with Gasteiger partial charge in [0.1, 0.15) is 5.75 Å². The fourth-order valence-electron chi connectivity index (χ4n) is 2.45. The molecule has 1 amide bonds. The molecule has 26 heavy (non-hydrogen) atoms. The van der Waals surface area contributed by atoms with Crippen LogP contribution in [0.3, 0.4) is 0 Å². The molecule has 0 radical (unpaired) electrons. The molecular formula is C19H13F3N2O2. The first-order valence-corrected chi connectivity index (χ1v) is 7.62. The molecule has 4 nitrogen and oxygen atoms in total. The number of hydrogen-bond donors (Lipinski definition) is 1. The number of hydrogen-bond acceptors (Lipinski definition) is 3. The molecule has 3 rings (SSSR count). The van der Waals surface area contributed by atoms with Crippen LogP contribution >= 0.6 is 0 Å². The van der Waals surface area contributed by atoms with E-state index in [1.165, 1.54) is 18.3 Å². The van der Waals surface area contributed by atoms with Crippen LogP contribution in [0.2, 0.25) is 0 Å². The van der Waals surface area contributed by atoms with Crippen molar-refractivity contribution in [3.05, 3.63) is 89.5 Å². The number of carbonyl (C=O) groups is 1. The standard InChI is InChI=1S/C19H13F3N2O2/c20-14-9-8-13(17(21)18(14)22)19(26)24(11-12-5-3-4-10-23-12)15-6-1-2-7-16(15)25/h1-10,25H,11H2. The molecule has 0 saturated heterocycles. The van der Waals surface area contributed by atoms with Crippen molar-refractivity contribution in [2.24, 2.45) is 0 Å². The van der Waals surface area contributed by atoms with Gasteiger partial charge in [-0.15, -0.1) is 0 Å². The summed E-state index contributed by atoms with van der Waals surface area (Å²) in [6.07, 6.45) is 1.51. The topological polar surface area (TPSA) is 53.4 Å². The van der Waals surface area contributed by atoms with E-state index in [9.17, 15) is 23.1 Å². The molecule has 2 aromatic carbocycles. The molecule has 7 heteroatoms. The van der Waals surface area contributed by atoms with Crippen LogP contribution in [0.1, 0.15) is 16.1 Å². The smallest absolute Gasteiger partial charge is 0.261 e. The fourth-order valence-corrected chi connectivity index (χ4v) is 2.45. The highest BCUT2D eigenvalue weighted by atomic mass is 19.2. The molecule has 0 aliphatic heterocycles. The molecule has 0 fully saturated rings. The molecule has 0 spiro atoms. The normalized spacial score (nSPS) is 10.6. The average molecular weight is 358 g/mol. The van der Waals surface area contributed by atoms with Gasteiger partial charge < -0.3 is 5.11 Å². The van der Waals surface area contributed by atoms with Gasteiger partial charge in [-0.2, -0.15) is 0 Å². The van der Waals surface area contributed by atoms with Crippen molar-refractivity contribution in [2.75, 3.05) is 4.90 Å². The first kappa shape index (κ1) is 17.5. The highest BCUT2D eigenvalue weighted by Crippen LogP contribution is 2.30. The maximum atomic E-state index is 14.1. The fraction of sp³-hybridized carbons (Fsp3) is 0.0526. The Balaban J connectivity index is 2.07. The van der Waals surface area contributed by atoms with Crippen molar-refractivity contribution in [3.8, 4) is 5.75 Å². The Labute approximate surface area is 147 Å². The number of carbonyl (C=O) groups excluding carboxylic acids is 1. The van der Waals surface area contributed by atoms with Gasteiger partial charge in [-0.1, -0.05) is 18.2 Å². The summed E-state index contributed by atoms with van der Waals surface area (Å²) < 4.78 is 40.8. The zero-order valence-electron chi connectivity index (χ0n) is 13.4. The van der Waals surface area contributed by atoms with Crippen LogP contribution < -0.4 is 4.90 Å². The number of rotatable bonds is 4. The Morgan fingerprint density at radius 1 is 0.962 bits per heavy atom. The Morgan fingerprint density at radius 2 is 1.69 bits per heavy atom. The van der Waals surface area contributed by atoms with Gasteiger partial charge in [-0.05, 0) is 36.4 Å². The molecule has 1 aromatic heterocycles. The van der Waals surface area contributed by atoms with Gasteiger partial charge in [-0.3, -0.25) is 14.7 Å². The van der Waals surface area contributed by atoms with Crippen molar-refractivity contribution >= 4 is 11.6 Å². The molecule has 0 aliphatic rings. The van der Waals surface area contributed by atoms with Gasteiger partial charge >= 0.3 is 0 Å². The third-order valence-electron chi connectivity index (χ3n) is 3.73. The molecule has 1 heterocycles. The van der Waals surface area contributed by atoms with Crippen molar-refractivity contribution in [1.29, 1.82) is 0 Å². The Hall–Kier alpha value is -3.35. The number of pyridine rings is 1. The molecule has 0 aliphatic carbocycles. The number of nitrogens with zero attached hydrogens (tertiary/aromatic N) is 2. The molecule has 0 bridgehead atoms. The molecule has 0 unspecified atom stereocenters. The van der Waals surface area contributed by atoms with E-state index in [4.69, 9.17) is 0 Å². The van der Waals surface area contributed by atoms with E-state index in [-0.39, 0.29) is 18.0 Å². The molecule has 3 aromatic rings. The number of phenolic OH excluding ortho intramolecular Hbond substituents is 1. The summed E-state index contributed by atoms with van der Waals surface area (Å²) in [4.78, 5) is 18.0. The molecular weight excluding hydrogens is 345 g/mol. The van der Waals surface area contributed by atoms with Gasteiger partial charge in [0.2, 0.25) is 0 Å². The minimum Gasteiger partial charge on any atom is -0.506 e. The number of aromatic nitrogens is 1. The number of halogens is 3. The molecule has 132 valence electrons. The number of para-hydroxylation sites is 2. The van der Waals surface area contributed by atoms with E-state index in [1.807, 2.05) is 0 Å². The van der Waals surface area contributed by atoms with Gasteiger partial charge in [0.05, 0.1) is 23.5 Å². The number of benzene rings is 2. The van der Waals surface area contributed by atoms with Gasteiger partial charge in [0.15, 0.2) is 17.5 Å². The van der Waals surface area contributed by atoms with Crippen LogP contribution in [0.15, 0.2) is 60.8 Å². The van der Waals surface area contributed by atoms with Crippen LogP contribution in [0.5, 0.6) is 5.75 Å². The Morgan fingerprint density at radius 3 is 2.38 bits per heavy atom. The summed E-state index contributed by atoms with van der Waals surface area (Å²) in [6, 6.07) is 12.5. The van der Waals surface area contributed by atoms with Crippen molar-refractivity contribution < 1.29 is 23.1 Å².